The third kappa shape index (κ3) is 4.21. The zero-order chi connectivity index (χ0) is 14.6. The zero-order valence-corrected chi connectivity index (χ0v) is 13.3. The number of carbonyl (C=O) groups excluding carboxylic acids is 1. The van der Waals surface area contributed by atoms with Crippen LogP contribution in [0.15, 0.2) is 22.7 Å². The van der Waals surface area contributed by atoms with E-state index in [4.69, 9.17) is 10.5 Å². The molecule has 1 amide bonds. The van der Waals surface area contributed by atoms with Crippen LogP contribution in [0.5, 0.6) is 5.75 Å². The van der Waals surface area contributed by atoms with Crippen molar-refractivity contribution >= 4 is 27.5 Å². The fourth-order valence-corrected chi connectivity index (χ4v) is 3.18. The van der Waals surface area contributed by atoms with Gasteiger partial charge in [-0.15, -0.1) is 0 Å². The van der Waals surface area contributed by atoms with E-state index in [0.717, 1.165) is 35.8 Å². The molecular formula is C15H21BrN2O2. The van der Waals surface area contributed by atoms with Crippen LogP contribution < -0.4 is 15.8 Å². The van der Waals surface area contributed by atoms with E-state index in [1.54, 1.807) is 13.2 Å². The molecule has 1 fully saturated rings. The molecule has 1 aliphatic rings. The lowest BCUT2D eigenvalue weighted by atomic mass is 9.80. The van der Waals surface area contributed by atoms with Crippen LogP contribution in [0.4, 0.5) is 5.69 Å². The van der Waals surface area contributed by atoms with Gasteiger partial charge in [-0.3, -0.25) is 4.79 Å². The monoisotopic (exact) mass is 340 g/mol. The van der Waals surface area contributed by atoms with Gasteiger partial charge in [0.2, 0.25) is 5.91 Å². The number of anilines is 1. The number of methoxy groups -OCH3 is 1. The van der Waals surface area contributed by atoms with Gasteiger partial charge in [-0.25, -0.2) is 0 Å². The third-order valence-electron chi connectivity index (χ3n) is 3.75. The molecule has 1 saturated carbocycles. The number of hydrogen-bond acceptors (Lipinski definition) is 3. The van der Waals surface area contributed by atoms with E-state index >= 15 is 0 Å². The van der Waals surface area contributed by atoms with E-state index in [2.05, 4.69) is 21.2 Å². The molecule has 0 saturated heterocycles. The fraction of sp³-hybridized carbons (Fsp3) is 0.533. The largest absolute Gasteiger partial charge is 0.497 e. The smallest absolute Gasteiger partial charge is 0.226 e. The first-order valence-corrected chi connectivity index (χ1v) is 7.73. The summed E-state index contributed by atoms with van der Waals surface area (Å²) >= 11 is 3.40. The van der Waals surface area contributed by atoms with Crippen LogP contribution in [0.3, 0.4) is 0 Å². The van der Waals surface area contributed by atoms with Gasteiger partial charge in [0.05, 0.1) is 7.11 Å². The molecule has 4 nitrogen and oxygen atoms in total. The second-order valence-electron chi connectivity index (χ2n) is 5.53. The van der Waals surface area contributed by atoms with E-state index in [1.165, 1.54) is 6.42 Å². The van der Waals surface area contributed by atoms with Gasteiger partial charge < -0.3 is 15.8 Å². The van der Waals surface area contributed by atoms with E-state index in [9.17, 15) is 4.79 Å². The maximum absolute atomic E-state index is 12.1. The standard InChI is InChI=1S/C15H21BrN2O2/c1-20-13-8-11(16)7-12(9-13)18-14(19)10-15(17)5-3-2-4-6-15/h7-9H,2-6,10,17H2,1H3,(H,18,19). The number of rotatable bonds is 4. The Morgan fingerprint density at radius 3 is 2.70 bits per heavy atom. The summed E-state index contributed by atoms with van der Waals surface area (Å²) < 4.78 is 6.05. The number of carbonyl (C=O) groups is 1. The molecule has 0 atom stereocenters. The van der Waals surface area contributed by atoms with Gasteiger partial charge in [0.15, 0.2) is 0 Å². The topological polar surface area (TPSA) is 64.3 Å². The predicted molar refractivity (Wildman–Crippen MR) is 83.9 cm³/mol. The van der Waals surface area contributed by atoms with Crippen molar-refractivity contribution in [2.75, 3.05) is 12.4 Å². The number of ether oxygens (including phenoxy) is 1. The van der Waals surface area contributed by atoms with Crippen molar-refractivity contribution in [2.45, 2.75) is 44.1 Å². The van der Waals surface area contributed by atoms with Gasteiger partial charge in [-0.1, -0.05) is 35.2 Å². The Balaban J connectivity index is 1.99. The Labute approximate surface area is 128 Å². The van der Waals surface area contributed by atoms with Gasteiger partial charge in [0.25, 0.3) is 0 Å². The van der Waals surface area contributed by atoms with Crippen molar-refractivity contribution < 1.29 is 9.53 Å². The van der Waals surface area contributed by atoms with E-state index in [1.807, 2.05) is 12.1 Å². The Hall–Kier alpha value is -1.07. The lowest BCUT2D eigenvalue weighted by molar-refractivity contribution is -0.117. The fourth-order valence-electron chi connectivity index (χ4n) is 2.71. The van der Waals surface area contributed by atoms with Crippen molar-refractivity contribution in [1.29, 1.82) is 0 Å². The normalized spacial score (nSPS) is 17.6. The number of nitrogens with one attached hydrogen (secondary N) is 1. The van der Waals surface area contributed by atoms with E-state index < -0.39 is 0 Å². The molecule has 3 N–H and O–H groups in total. The van der Waals surface area contributed by atoms with Crippen LogP contribution in [-0.2, 0) is 4.79 Å². The molecule has 0 aromatic heterocycles. The molecule has 0 radical (unpaired) electrons. The first-order valence-electron chi connectivity index (χ1n) is 6.94. The number of benzene rings is 1. The molecule has 0 aliphatic heterocycles. The SMILES string of the molecule is COc1cc(Br)cc(NC(=O)CC2(N)CCCCC2)c1. The van der Waals surface area contributed by atoms with Crippen LogP contribution in [-0.4, -0.2) is 18.6 Å². The Morgan fingerprint density at radius 1 is 1.35 bits per heavy atom. The number of amides is 1. The van der Waals surface area contributed by atoms with Crippen molar-refractivity contribution in [3.05, 3.63) is 22.7 Å². The van der Waals surface area contributed by atoms with Crippen LogP contribution in [0.25, 0.3) is 0 Å². The maximum atomic E-state index is 12.1. The molecule has 0 heterocycles. The lowest BCUT2D eigenvalue weighted by Crippen LogP contribution is -2.44. The Bertz CT molecular complexity index is 485. The van der Waals surface area contributed by atoms with Crippen molar-refractivity contribution in [3.63, 3.8) is 0 Å². The molecule has 2 rings (SSSR count). The van der Waals surface area contributed by atoms with Gasteiger partial charge in [0.1, 0.15) is 5.75 Å². The van der Waals surface area contributed by atoms with Crippen LogP contribution >= 0.6 is 15.9 Å². The number of nitrogens with two attached hydrogens (primary N) is 1. The summed E-state index contributed by atoms with van der Waals surface area (Å²) in [5.41, 5.74) is 6.69. The highest BCUT2D eigenvalue weighted by molar-refractivity contribution is 9.10. The van der Waals surface area contributed by atoms with E-state index in [0.29, 0.717) is 12.2 Å². The predicted octanol–water partition coefficient (Wildman–Crippen LogP) is 3.45. The minimum absolute atomic E-state index is 0.0328. The Morgan fingerprint density at radius 2 is 2.05 bits per heavy atom. The second kappa shape index (κ2) is 6.59. The molecule has 20 heavy (non-hydrogen) atoms. The third-order valence-corrected chi connectivity index (χ3v) is 4.21. The highest BCUT2D eigenvalue weighted by atomic mass is 79.9. The number of halogens is 1. The summed E-state index contributed by atoms with van der Waals surface area (Å²) in [6.07, 6.45) is 5.71. The summed E-state index contributed by atoms with van der Waals surface area (Å²) in [7, 11) is 1.60. The highest BCUT2D eigenvalue weighted by Gasteiger charge is 2.29. The summed E-state index contributed by atoms with van der Waals surface area (Å²) in [4.78, 5) is 12.1. The van der Waals surface area contributed by atoms with Crippen LogP contribution in [0.1, 0.15) is 38.5 Å². The summed E-state index contributed by atoms with van der Waals surface area (Å²) in [6, 6.07) is 5.50. The van der Waals surface area contributed by atoms with Crippen molar-refractivity contribution in [1.82, 2.24) is 0 Å². The summed E-state index contributed by atoms with van der Waals surface area (Å²) in [5, 5.41) is 2.90. The molecular weight excluding hydrogens is 320 g/mol. The minimum Gasteiger partial charge on any atom is -0.497 e. The van der Waals surface area contributed by atoms with Crippen LogP contribution in [0.2, 0.25) is 0 Å². The average Bonchev–Trinajstić information content (AvgIpc) is 2.37. The van der Waals surface area contributed by atoms with Gasteiger partial charge in [0, 0.05) is 28.2 Å². The van der Waals surface area contributed by atoms with Crippen molar-refractivity contribution in [2.24, 2.45) is 5.73 Å². The second-order valence-corrected chi connectivity index (χ2v) is 6.44. The maximum Gasteiger partial charge on any atom is 0.226 e. The Kier molecular flexibility index (Phi) is 5.05. The average molecular weight is 341 g/mol. The quantitative estimate of drug-likeness (QED) is 0.882. The van der Waals surface area contributed by atoms with Gasteiger partial charge >= 0.3 is 0 Å². The first-order chi connectivity index (χ1) is 9.50. The molecule has 5 heteroatoms. The molecule has 110 valence electrons. The number of hydrogen-bond donors (Lipinski definition) is 2. The molecule has 1 aliphatic carbocycles. The summed E-state index contributed by atoms with van der Waals surface area (Å²) in [5.74, 6) is 0.671. The molecule has 1 aromatic rings. The first kappa shape index (κ1) is 15.3. The van der Waals surface area contributed by atoms with Gasteiger partial charge in [-0.05, 0) is 25.0 Å². The molecule has 1 aromatic carbocycles. The molecule has 0 bridgehead atoms. The molecule has 0 unspecified atom stereocenters. The van der Waals surface area contributed by atoms with Crippen molar-refractivity contribution in [3.8, 4) is 5.75 Å². The minimum atomic E-state index is -0.335. The zero-order valence-electron chi connectivity index (χ0n) is 11.7. The van der Waals surface area contributed by atoms with Crippen LogP contribution in [0, 0.1) is 0 Å². The highest BCUT2D eigenvalue weighted by Crippen LogP contribution is 2.29. The van der Waals surface area contributed by atoms with Gasteiger partial charge in [-0.2, -0.15) is 0 Å². The lowest BCUT2D eigenvalue weighted by Gasteiger charge is -2.32. The van der Waals surface area contributed by atoms with E-state index in [-0.39, 0.29) is 11.4 Å². The summed E-state index contributed by atoms with van der Waals surface area (Å²) in [6.45, 7) is 0. The molecule has 0 spiro atoms.